The standard InChI is InChI=1S/C2H7ClSi2/c1-2-4-5-3/h2H,1,4-5H2. The van der Waals surface area contributed by atoms with Crippen LogP contribution in [-0.4, -0.2) is 17.4 Å². The molecule has 0 aromatic heterocycles. The van der Waals surface area contributed by atoms with Crippen LogP contribution in [0.2, 0.25) is 0 Å². The minimum atomic E-state index is -0.0930. The van der Waals surface area contributed by atoms with Crippen LogP contribution >= 0.6 is 11.1 Å². The van der Waals surface area contributed by atoms with E-state index in [0.717, 1.165) is 0 Å². The first-order chi connectivity index (χ1) is 2.41. The van der Waals surface area contributed by atoms with Gasteiger partial charge in [-0.2, -0.15) is 11.1 Å². The lowest BCUT2D eigenvalue weighted by molar-refractivity contribution is 2.61. The van der Waals surface area contributed by atoms with Crippen LogP contribution in [0.3, 0.4) is 0 Å². The fourth-order valence-electron chi connectivity index (χ4n) is 0.0772. The first-order valence-electron chi connectivity index (χ1n) is 1.58. The summed E-state index contributed by atoms with van der Waals surface area (Å²) in [5, 5.41) is 0. The molecule has 0 spiro atoms. The normalized spacial score (nSPS) is 12.2. The summed E-state index contributed by atoms with van der Waals surface area (Å²) in [5.74, 6) is 0. The fourth-order valence-corrected chi connectivity index (χ4v) is 2.08. The van der Waals surface area contributed by atoms with Crippen molar-refractivity contribution in [2.45, 2.75) is 0 Å². The molecule has 30 valence electrons. The summed E-state index contributed by atoms with van der Waals surface area (Å²) in [7, 11) is 0.00733. The van der Waals surface area contributed by atoms with Crippen molar-refractivity contribution < 1.29 is 0 Å². The molecule has 0 N–H and O–H groups in total. The van der Waals surface area contributed by atoms with Crippen molar-refractivity contribution in [3.8, 4) is 0 Å². The smallest absolute Gasteiger partial charge is 0.114 e. The zero-order valence-corrected chi connectivity index (χ0v) is 6.66. The van der Waals surface area contributed by atoms with Crippen molar-refractivity contribution in [2.75, 3.05) is 0 Å². The van der Waals surface area contributed by atoms with Crippen LogP contribution in [0.4, 0.5) is 0 Å². The van der Waals surface area contributed by atoms with Crippen LogP contribution in [-0.2, 0) is 0 Å². The molecule has 0 radical (unpaired) electrons. The summed E-state index contributed by atoms with van der Waals surface area (Å²) in [6.07, 6.45) is 0. The molecule has 0 aliphatic heterocycles. The highest BCUT2D eigenvalue weighted by atomic mass is 35.6. The van der Waals surface area contributed by atoms with Crippen molar-refractivity contribution in [3.63, 3.8) is 0 Å². The van der Waals surface area contributed by atoms with Crippen molar-refractivity contribution >= 4 is 28.5 Å². The summed E-state index contributed by atoms with van der Waals surface area (Å²) in [5.41, 5.74) is 2.00. The van der Waals surface area contributed by atoms with Crippen molar-refractivity contribution in [2.24, 2.45) is 0 Å². The zero-order chi connectivity index (χ0) is 4.12. The van der Waals surface area contributed by atoms with Gasteiger partial charge in [0, 0.05) is 0 Å². The van der Waals surface area contributed by atoms with E-state index < -0.39 is 0 Å². The Morgan fingerprint density at radius 2 is 2.40 bits per heavy atom. The second kappa shape index (κ2) is 4.46. The number of hydrogen-bond acceptors (Lipinski definition) is 0. The summed E-state index contributed by atoms with van der Waals surface area (Å²) in [6.45, 7) is 3.56. The van der Waals surface area contributed by atoms with Crippen LogP contribution in [0, 0.1) is 0 Å². The van der Waals surface area contributed by atoms with Gasteiger partial charge in [-0.25, -0.2) is 0 Å². The minimum absolute atomic E-state index is 0.0930. The second-order valence-corrected chi connectivity index (χ2v) is 8.57. The Balaban J connectivity index is 2.40. The minimum Gasteiger partial charge on any atom is -0.180 e. The van der Waals surface area contributed by atoms with Gasteiger partial charge in [0.05, 0.1) is 9.04 Å². The molecule has 0 atom stereocenters. The van der Waals surface area contributed by atoms with E-state index in [1.54, 1.807) is 0 Å². The van der Waals surface area contributed by atoms with Gasteiger partial charge in [0.25, 0.3) is 0 Å². The average molecular weight is 123 g/mol. The van der Waals surface area contributed by atoms with Gasteiger partial charge in [-0.15, -0.1) is 12.3 Å². The zero-order valence-electron chi connectivity index (χ0n) is 3.08. The SMILES string of the molecule is C=C[SiH2][SiH2]Cl. The van der Waals surface area contributed by atoms with E-state index >= 15 is 0 Å². The molecule has 0 nitrogen and oxygen atoms in total. The Bertz CT molecular complexity index is 28.8. The molecule has 0 bridgehead atoms. The maximum absolute atomic E-state index is 5.43. The van der Waals surface area contributed by atoms with Gasteiger partial charge in [-0.05, 0) is 0 Å². The third-order valence-corrected chi connectivity index (χ3v) is 4.78. The Labute approximate surface area is 41.4 Å². The van der Waals surface area contributed by atoms with Crippen LogP contribution in [0.1, 0.15) is 0 Å². The Morgan fingerprint density at radius 1 is 1.80 bits per heavy atom. The molecular weight excluding hydrogens is 116 g/mol. The third kappa shape index (κ3) is 4.46. The Morgan fingerprint density at radius 3 is 2.40 bits per heavy atom. The van der Waals surface area contributed by atoms with E-state index in [-0.39, 0.29) is 17.4 Å². The lowest BCUT2D eigenvalue weighted by Gasteiger charge is -1.66. The molecule has 0 fully saturated rings. The van der Waals surface area contributed by atoms with E-state index in [4.69, 9.17) is 11.1 Å². The molecule has 0 rings (SSSR count). The average Bonchev–Trinajstić information content (AvgIpc) is 1.41. The second-order valence-electron chi connectivity index (χ2n) is 0.766. The maximum Gasteiger partial charge on any atom is 0.114 e. The first kappa shape index (κ1) is 5.46. The topological polar surface area (TPSA) is 0 Å². The van der Waals surface area contributed by atoms with E-state index in [1.165, 1.54) is 0 Å². The van der Waals surface area contributed by atoms with Crippen molar-refractivity contribution in [1.29, 1.82) is 0 Å². The summed E-state index contributed by atoms with van der Waals surface area (Å²) in [4.78, 5) is 0. The third-order valence-electron chi connectivity index (χ3n) is 0.313. The number of halogens is 1. The summed E-state index contributed by atoms with van der Waals surface area (Å²) in [6, 6.07) is 0. The van der Waals surface area contributed by atoms with Gasteiger partial charge in [0.1, 0.15) is 8.35 Å². The molecule has 0 amide bonds. The molecule has 0 saturated carbocycles. The lowest BCUT2D eigenvalue weighted by atomic mass is 11.3. The van der Waals surface area contributed by atoms with E-state index in [0.29, 0.717) is 0 Å². The highest BCUT2D eigenvalue weighted by Gasteiger charge is 1.68. The lowest BCUT2D eigenvalue weighted by Crippen LogP contribution is -1.86. The number of hydrogen-bond donors (Lipinski definition) is 0. The number of rotatable bonds is 2. The molecule has 0 aliphatic carbocycles. The summed E-state index contributed by atoms with van der Waals surface area (Å²) < 4.78 is 0. The van der Waals surface area contributed by atoms with Gasteiger partial charge >= 0.3 is 0 Å². The highest BCUT2D eigenvalue weighted by molar-refractivity contribution is 7.27. The molecule has 3 heteroatoms. The highest BCUT2D eigenvalue weighted by Crippen LogP contribution is 1.62. The molecule has 0 saturated heterocycles. The predicted molar refractivity (Wildman–Crippen MR) is 33.1 cm³/mol. The molecular formula is C2H7ClSi2. The van der Waals surface area contributed by atoms with E-state index in [1.807, 2.05) is 5.70 Å². The Kier molecular flexibility index (Phi) is 4.88. The van der Waals surface area contributed by atoms with Gasteiger partial charge in [-0.3, -0.25) is 0 Å². The first-order valence-corrected chi connectivity index (χ1v) is 8.54. The van der Waals surface area contributed by atoms with Crippen LogP contribution in [0.15, 0.2) is 12.3 Å². The predicted octanol–water partition coefficient (Wildman–Crippen LogP) is -0.464. The maximum atomic E-state index is 5.43. The fraction of sp³-hybridized carbons (Fsp3) is 0. The van der Waals surface area contributed by atoms with E-state index in [9.17, 15) is 0 Å². The monoisotopic (exact) mass is 122 g/mol. The van der Waals surface area contributed by atoms with Crippen LogP contribution in [0.25, 0.3) is 0 Å². The van der Waals surface area contributed by atoms with Gasteiger partial charge in [0.15, 0.2) is 0 Å². The van der Waals surface area contributed by atoms with Crippen LogP contribution in [0.5, 0.6) is 0 Å². The Hall–Kier alpha value is 0.464. The van der Waals surface area contributed by atoms with Crippen molar-refractivity contribution in [1.82, 2.24) is 0 Å². The molecule has 0 aromatic rings. The molecule has 0 aliphatic rings. The molecule has 0 heterocycles. The van der Waals surface area contributed by atoms with Crippen LogP contribution < -0.4 is 0 Å². The molecule has 0 unspecified atom stereocenters. The molecule has 5 heavy (non-hydrogen) atoms. The summed E-state index contributed by atoms with van der Waals surface area (Å²) >= 11 is 5.43. The van der Waals surface area contributed by atoms with E-state index in [2.05, 4.69) is 6.58 Å². The van der Waals surface area contributed by atoms with Gasteiger partial charge < -0.3 is 0 Å². The quantitative estimate of drug-likeness (QED) is 0.344. The van der Waals surface area contributed by atoms with Gasteiger partial charge in [0.2, 0.25) is 0 Å². The molecule has 0 aromatic carbocycles. The van der Waals surface area contributed by atoms with Crippen molar-refractivity contribution in [3.05, 3.63) is 12.3 Å². The largest absolute Gasteiger partial charge is 0.180 e. The van der Waals surface area contributed by atoms with Gasteiger partial charge in [-0.1, -0.05) is 0 Å².